The zero-order valence-corrected chi connectivity index (χ0v) is 18.5. The van der Waals surface area contributed by atoms with Crippen molar-refractivity contribution < 1.29 is 9.53 Å². The number of benzene rings is 1. The predicted molar refractivity (Wildman–Crippen MR) is 121 cm³/mol. The molecule has 0 spiro atoms. The topological polar surface area (TPSA) is 47.4 Å². The van der Waals surface area contributed by atoms with Crippen LogP contribution < -0.4 is 4.90 Å². The quantitative estimate of drug-likeness (QED) is 0.402. The standard InChI is InChI=1S/C23H29N3O2Si/c1-29(2,3)15-14-28-17-25-16-19(18-8-5-4-6-9-18)22-20(11-12-24-23(22)25)26-13-7-10-21(26)27/h4-6,8-9,11-12,16H,7,10,13-15,17H2,1-3H3. The molecule has 1 amide bonds. The first-order chi connectivity index (χ1) is 13.9. The third-order valence-electron chi connectivity index (χ3n) is 5.41. The van der Waals surface area contributed by atoms with Crippen LogP contribution in [0, 0.1) is 0 Å². The Labute approximate surface area is 173 Å². The number of fused-ring (bicyclic) bond motifs is 1. The molecule has 1 aliphatic heterocycles. The molecular formula is C23H29N3O2Si. The van der Waals surface area contributed by atoms with E-state index in [-0.39, 0.29) is 5.91 Å². The van der Waals surface area contributed by atoms with Crippen molar-refractivity contribution in [1.82, 2.24) is 9.55 Å². The lowest BCUT2D eigenvalue weighted by Gasteiger charge is -2.18. The third-order valence-corrected chi connectivity index (χ3v) is 7.12. The SMILES string of the molecule is C[Si](C)(C)CCOCn1cc(-c2ccccc2)c2c(N3CCCC3=O)ccnc21. The highest BCUT2D eigenvalue weighted by atomic mass is 28.3. The fraction of sp³-hybridized carbons (Fsp3) is 0.391. The maximum absolute atomic E-state index is 12.5. The summed E-state index contributed by atoms with van der Waals surface area (Å²) in [7, 11) is -1.13. The predicted octanol–water partition coefficient (Wildman–Crippen LogP) is 5.14. The van der Waals surface area contributed by atoms with Gasteiger partial charge in [-0.1, -0.05) is 50.0 Å². The summed E-state index contributed by atoms with van der Waals surface area (Å²) in [6.07, 6.45) is 5.44. The second kappa shape index (κ2) is 8.12. The van der Waals surface area contributed by atoms with Crippen LogP contribution >= 0.6 is 0 Å². The van der Waals surface area contributed by atoms with E-state index in [4.69, 9.17) is 4.74 Å². The number of aromatic nitrogens is 2. The van der Waals surface area contributed by atoms with E-state index >= 15 is 0 Å². The molecule has 3 aromatic rings. The van der Waals surface area contributed by atoms with Crippen molar-refractivity contribution in [3.63, 3.8) is 0 Å². The minimum absolute atomic E-state index is 0.190. The Bertz CT molecular complexity index is 1010. The first-order valence-corrected chi connectivity index (χ1v) is 14.1. The molecule has 3 heterocycles. The van der Waals surface area contributed by atoms with E-state index in [1.165, 1.54) is 0 Å². The van der Waals surface area contributed by atoms with Gasteiger partial charge in [0, 0.05) is 45.6 Å². The van der Waals surface area contributed by atoms with Crippen LogP contribution in [-0.4, -0.2) is 36.7 Å². The lowest BCUT2D eigenvalue weighted by atomic mass is 10.0. The van der Waals surface area contributed by atoms with E-state index < -0.39 is 8.07 Å². The summed E-state index contributed by atoms with van der Waals surface area (Å²) >= 11 is 0. The molecule has 152 valence electrons. The van der Waals surface area contributed by atoms with Gasteiger partial charge in [-0.3, -0.25) is 4.79 Å². The molecule has 29 heavy (non-hydrogen) atoms. The van der Waals surface area contributed by atoms with Crippen LogP contribution in [0.25, 0.3) is 22.2 Å². The average molecular weight is 408 g/mol. The number of carbonyl (C=O) groups is 1. The lowest BCUT2D eigenvalue weighted by molar-refractivity contribution is -0.117. The van der Waals surface area contributed by atoms with Crippen LogP contribution in [0.1, 0.15) is 12.8 Å². The van der Waals surface area contributed by atoms with Gasteiger partial charge in [-0.15, -0.1) is 0 Å². The van der Waals surface area contributed by atoms with Gasteiger partial charge in [-0.05, 0) is 24.1 Å². The summed E-state index contributed by atoms with van der Waals surface area (Å²) in [6, 6.07) is 13.4. The molecule has 2 aromatic heterocycles. The van der Waals surface area contributed by atoms with Crippen LogP contribution in [0.5, 0.6) is 0 Å². The molecule has 1 fully saturated rings. The molecule has 1 aromatic carbocycles. The van der Waals surface area contributed by atoms with E-state index in [1.54, 1.807) is 6.20 Å². The highest BCUT2D eigenvalue weighted by Gasteiger charge is 2.26. The van der Waals surface area contributed by atoms with E-state index in [9.17, 15) is 4.79 Å². The van der Waals surface area contributed by atoms with Gasteiger partial charge in [0.05, 0.1) is 11.1 Å². The highest BCUT2D eigenvalue weighted by Crippen LogP contribution is 2.37. The summed E-state index contributed by atoms with van der Waals surface area (Å²) in [6.45, 7) is 9.07. The maximum Gasteiger partial charge on any atom is 0.227 e. The van der Waals surface area contributed by atoms with E-state index in [0.29, 0.717) is 13.2 Å². The van der Waals surface area contributed by atoms with Crippen molar-refractivity contribution in [2.24, 2.45) is 0 Å². The van der Waals surface area contributed by atoms with Crippen LogP contribution in [0.4, 0.5) is 5.69 Å². The summed E-state index contributed by atoms with van der Waals surface area (Å²) in [5.41, 5.74) is 4.04. The molecule has 0 atom stereocenters. The van der Waals surface area contributed by atoms with Crippen molar-refractivity contribution in [2.75, 3.05) is 18.1 Å². The summed E-state index contributed by atoms with van der Waals surface area (Å²) in [5.74, 6) is 0.190. The molecule has 0 aliphatic carbocycles. The largest absolute Gasteiger partial charge is 0.361 e. The lowest BCUT2D eigenvalue weighted by Crippen LogP contribution is -2.24. The Hall–Kier alpha value is -2.44. The average Bonchev–Trinajstić information content (AvgIpc) is 3.29. The van der Waals surface area contributed by atoms with E-state index in [0.717, 1.165) is 53.5 Å². The van der Waals surface area contributed by atoms with Gasteiger partial charge in [0.1, 0.15) is 12.4 Å². The minimum Gasteiger partial charge on any atom is -0.361 e. The zero-order chi connectivity index (χ0) is 20.4. The zero-order valence-electron chi connectivity index (χ0n) is 17.5. The van der Waals surface area contributed by atoms with Crippen molar-refractivity contribution in [3.05, 3.63) is 48.8 Å². The Kier molecular flexibility index (Phi) is 5.56. The molecule has 0 saturated carbocycles. The molecule has 0 N–H and O–H groups in total. The summed E-state index contributed by atoms with van der Waals surface area (Å²) < 4.78 is 8.09. The van der Waals surface area contributed by atoms with Gasteiger partial charge >= 0.3 is 0 Å². The van der Waals surface area contributed by atoms with Crippen LogP contribution in [0.2, 0.25) is 25.7 Å². The van der Waals surface area contributed by atoms with Gasteiger partial charge in [-0.2, -0.15) is 0 Å². The Morgan fingerprint density at radius 3 is 2.62 bits per heavy atom. The number of nitrogens with zero attached hydrogens (tertiary/aromatic N) is 3. The summed E-state index contributed by atoms with van der Waals surface area (Å²) in [4.78, 5) is 19.0. The molecular weight excluding hydrogens is 378 g/mol. The fourth-order valence-corrected chi connectivity index (χ4v) is 4.56. The minimum atomic E-state index is -1.13. The highest BCUT2D eigenvalue weighted by molar-refractivity contribution is 6.76. The number of amides is 1. The van der Waals surface area contributed by atoms with Gasteiger partial charge < -0.3 is 14.2 Å². The molecule has 0 radical (unpaired) electrons. The maximum atomic E-state index is 12.5. The van der Waals surface area contributed by atoms with Crippen molar-refractivity contribution >= 4 is 30.7 Å². The van der Waals surface area contributed by atoms with E-state index in [1.807, 2.05) is 29.2 Å². The monoisotopic (exact) mass is 407 g/mol. The Morgan fingerprint density at radius 1 is 1.14 bits per heavy atom. The number of rotatable bonds is 7. The molecule has 0 unspecified atom stereocenters. The normalized spacial score (nSPS) is 14.9. The van der Waals surface area contributed by atoms with Gasteiger partial charge in [0.2, 0.25) is 5.91 Å². The van der Waals surface area contributed by atoms with Crippen molar-refractivity contribution in [2.45, 2.75) is 45.3 Å². The number of carbonyl (C=O) groups excluding carboxylic acids is 1. The Morgan fingerprint density at radius 2 is 1.93 bits per heavy atom. The first-order valence-electron chi connectivity index (χ1n) is 10.4. The third kappa shape index (κ3) is 4.28. The molecule has 5 nitrogen and oxygen atoms in total. The molecule has 4 rings (SSSR count). The number of anilines is 1. The fourth-order valence-electron chi connectivity index (χ4n) is 3.80. The second-order valence-electron chi connectivity index (χ2n) is 8.90. The summed E-state index contributed by atoms with van der Waals surface area (Å²) in [5, 5.41) is 1.03. The van der Waals surface area contributed by atoms with Gasteiger partial charge in [0.25, 0.3) is 0 Å². The number of pyridine rings is 1. The van der Waals surface area contributed by atoms with Gasteiger partial charge in [-0.25, -0.2) is 4.98 Å². The van der Waals surface area contributed by atoms with Crippen LogP contribution in [0.15, 0.2) is 48.8 Å². The molecule has 0 bridgehead atoms. The second-order valence-corrected chi connectivity index (χ2v) is 14.5. The van der Waals surface area contributed by atoms with E-state index in [2.05, 4.69) is 47.5 Å². The molecule has 6 heteroatoms. The van der Waals surface area contributed by atoms with Gasteiger partial charge in [0.15, 0.2) is 0 Å². The Balaban J connectivity index is 1.74. The molecule has 1 aliphatic rings. The number of ether oxygens (including phenoxy) is 1. The number of hydrogen-bond acceptors (Lipinski definition) is 3. The molecule has 1 saturated heterocycles. The van der Waals surface area contributed by atoms with Crippen molar-refractivity contribution in [3.8, 4) is 11.1 Å². The first kappa shape index (κ1) is 19.9. The smallest absolute Gasteiger partial charge is 0.227 e. The van der Waals surface area contributed by atoms with Crippen LogP contribution in [-0.2, 0) is 16.3 Å². The van der Waals surface area contributed by atoms with Crippen LogP contribution in [0.3, 0.4) is 0 Å². The number of hydrogen-bond donors (Lipinski definition) is 0. The van der Waals surface area contributed by atoms with Crippen molar-refractivity contribution in [1.29, 1.82) is 0 Å².